The quantitative estimate of drug-likeness (QED) is 0.527. The number of Topliss-reactive ketones (excluding diaryl/α,β-unsaturated/α-hetero) is 2. The van der Waals surface area contributed by atoms with Gasteiger partial charge in [-0.3, -0.25) is 9.59 Å². The molecule has 0 saturated carbocycles. The van der Waals surface area contributed by atoms with E-state index >= 15 is 0 Å². The van der Waals surface area contributed by atoms with Crippen molar-refractivity contribution in [1.29, 1.82) is 0 Å². The molecule has 0 fully saturated rings. The molecular formula is C26H24O3. The number of carbonyl (C=O) groups excluding carboxylic acids is 2. The first-order valence-corrected chi connectivity index (χ1v) is 10.0. The van der Waals surface area contributed by atoms with Gasteiger partial charge in [0.15, 0.2) is 11.6 Å². The van der Waals surface area contributed by atoms with Crippen LogP contribution in [0.2, 0.25) is 0 Å². The number of ketones is 2. The number of fused-ring (bicyclic) bond motifs is 1. The normalized spacial score (nSPS) is 16.7. The molecule has 3 aromatic rings. The Morgan fingerprint density at radius 1 is 0.966 bits per heavy atom. The minimum Gasteiger partial charge on any atom is -0.497 e. The summed E-state index contributed by atoms with van der Waals surface area (Å²) in [7, 11) is 1.63. The molecule has 0 aliphatic heterocycles. The topological polar surface area (TPSA) is 43.4 Å². The maximum absolute atomic E-state index is 13.3. The number of rotatable bonds is 6. The zero-order valence-corrected chi connectivity index (χ0v) is 16.5. The Balaban J connectivity index is 1.68. The molecule has 0 aromatic heterocycles. The second-order valence-corrected chi connectivity index (χ2v) is 7.54. The van der Waals surface area contributed by atoms with Crippen molar-refractivity contribution in [2.45, 2.75) is 25.2 Å². The number of ether oxygens (including phenoxy) is 1. The van der Waals surface area contributed by atoms with Crippen molar-refractivity contribution in [3.63, 3.8) is 0 Å². The van der Waals surface area contributed by atoms with Crippen LogP contribution in [0.4, 0.5) is 0 Å². The maximum atomic E-state index is 13.3. The van der Waals surface area contributed by atoms with Gasteiger partial charge < -0.3 is 4.74 Å². The lowest BCUT2D eigenvalue weighted by Gasteiger charge is -2.30. The van der Waals surface area contributed by atoms with E-state index in [-0.39, 0.29) is 23.4 Å². The van der Waals surface area contributed by atoms with Crippen molar-refractivity contribution in [1.82, 2.24) is 0 Å². The number of carbonyl (C=O) groups is 2. The Hall–Kier alpha value is -3.20. The van der Waals surface area contributed by atoms with E-state index in [9.17, 15) is 9.59 Å². The molecule has 0 bridgehead atoms. The summed E-state index contributed by atoms with van der Waals surface area (Å²) in [6.45, 7) is 0. The summed E-state index contributed by atoms with van der Waals surface area (Å²) in [6, 6.07) is 24.9. The molecule has 1 aliphatic carbocycles. The summed E-state index contributed by atoms with van der Waals surface area (Å²) in [4.78, 5) is 26.3. The van der Waals surface area contributed by atoms with Crippen LogP contribution in [0.1, 0.15) is 50.6 Å². The van der Waals surface area contributed by atoms with E-state index < -0.39 is 0 Å². The molecule has 4 rings (SSSR count). The van der Waals surface area contributed by atoms with Gasteiger partial charge in [-0.1, -0.05) is 66.7 Å². The van der Waals surface area contributed by atoms with Crippen molar-refractivity contribution in [3.05, 3.63) is 101 Å². The van der Waals surface area contributed by atoms with Crippen LogP contribution in [0, 0.1) is 5.92 Å². The van der Waals surface area contributed by atoms with Crippen LogP contribution in [0.3, 0.4) is 0 Å². The zero-order valence-electron chi connectivity index (χ0n) is 16.5. The van der Waals surface area contributed by atoms with E-state index in [1.165, 1.54) is 0 Å². The first-order valence-electron chi connectivity index (χ1n) is 10.0. The monoisotopic (exact) mass is 384 g/mol. The summed E-state index contributed by atoms with van der Waals surface area (Å²) in [5, 5.41) is 0. The van der Waals surface area contributed by atoms with Crippen LogP contribution in [-0.4, -0.2) is 18.7 Å². The van der Waals surface area contributed by atoms with Gasteiger partial charge in [-0.2, -0.15) is 0 Å². The van der Waals surface area contributed by atoms with Crippen LogP contribution < -0.4 is 4.74 Å². The lowest BCUT2D eigenvalue weighted by Crippen LogP contribution is -2.29. The second-order valence-electron chi connectivity index (χ2n) is 7.54. The molecule has 0 amide bonds. The highest BCUT2D eigenvalue weighted by molar-refractivity contribution is 6.02. The van der Waals surface area contributed by atoms with Gasteiger partial charge in [0, 0.05) is 29.4 Å². The predicted molar refractivity (Wildman–Crippen MR) is 114 cm³/mol. The van der Waals surface area contributed by atoms with Crippen LogP contribution in [0.15, 0.2) is 78.9 Å². The van der Waals surface area contributed by atoms with Crippen molar-refractivity contribution < 1.29 is 14.3 Å². The fourth-order valence-corrected chi connectivity index (χ4v) is 4.29. The Morgan fingerprint density at radius 3 is 2.38 bits per heavy atom. The third-order valence-corrected chi connectivity index (χ3v) is 5.88. The average molecular weight is 384 g/mol. The van der Waals surface area contributed by atoms with E-state index in [1.54, 1.807) is 7.11 Å². The number of benzene rings is 3. The molecule has 0 saturated heterocycles. The molecule has 0 spiro atoms. The molecule has 146 valence electrons. The molecule has 2 unspecified atom stereocenters. The Morgan fingerprint density at radius 2 is 1.66 bits per heavy atom. The van der Waals surface area contributed by atoms with Crippen molar-refractivity contribution in [2.75, 3.05) is 7.11 Å². The minimum absolute atomic E-state index is 0.0677. The summed E-state index contributed by atoms with van der Waals surface area (Å²) in [5.41, 5.74) is 3.61. The fraction of sp³-hybridized carbons (Fsp3) is 0.231. The van der Waals surface area contributed by atoms with E-state index in [0.717, 1.165) is 35.3 Å². The minimum atomic E-state index is -0.203. The molecule has 3 nitrogen and oxygen atoms in total. The van der Waals surface area contributed by atoms with Gasteiger partial charge in [0.25, 0.3) is 0 Å². The highest BCUT2D eigenvalue weighted by Gasteiger charge is 2.35. The number of methoxy groups -OCH3 is 1. The molecule has 2 atom stereocenters. The van der Waals surface area contributed by atoms with E-state index in [2.05, 4.69) is 0 Å². The largest absolute Gasteiger partial charge is 0.497 e. The van der Waals surface area contributed by atoms with Gasteiger partial charge in [0.2, 0.25) is 0 Å². The molecule has 3 aromatic carbocycles. The number of aryl methyl sites for hydroxylation is 1. The Bertz CT molecular complexity index is 1010. The summed E-state index contributed by atoms with van der Waals surface area (Å²) in [6.07, 6.45) is 1.93. The van der Waals surface area contributed by atoms with Crippen molar-refractivity contribution >= 4 is 11.6 Å². The van der Waals surface area contributed by atoms with Gasteiger partial charge in [-0.25, -0.2) is 0 Å². The third-order valence-electron chi connectivity index (χ3n) is 5.88. The zero-order chi connectivity index (χ0) is 20.2. The Labute approximate surface area is 171 Å². The van der Waals surface area contributed by atoms with Gasteiger partial charge in [0.1, 0.15) is 5.75 Å². The summed E-state index contributed by atoms with van der Waals surface area (Å²) >= 11 is 0. The van der Waals surface area contributed by atoms with Crippen LogP contribution in [0.5, 0.6) is 5.75 Å². The fourth-order valence-electron chi connectivity index (χ4n) is 4.29. The van der Waals surface area contributed by atoms with E-state index in [0.29, 0.717) is 12.0 Å². The molecular weight excluding hydrogens is 360 g/mol. The third kappa shape index (κ3) is 4.00. The lowest BCUT2D eigenvalue weighted by atomic mass is 9.71. The maximum Gasteiger partial charge on any atom is 0.166 e. The lowest BCUT2D eigenvalue weighted by molar-refractivity contribution is 0.0857. The molecule has 0 N–H and O–H groups in total. The van der Waals surface area contributed by atoms with Gasteiger partial charge in [-0.15, -0.1) is 0 Å². The van der Waals surface area contributed by atoms with Crippen molar-refractivity contribution in [2.24, 2.45) is 5.92 Å². The summed E-state index contributed by atoms with van der Waals surface area (Å²) < 4.78 is 5.28. The molecule has 1 aliphatic rings. The highest BCUT2D eigenvalue weighted by atomic mass is 16.5. The molecule has 0 heterocycles. The molecule has 0 radical (unpaired) electrons. The van der Waals surface area contributed by atoms with Gasteiger partial charge in [-0.05, 0) is 36.1 Å². The summed E-state index contributed by atoms with van der Waals surface area (Å²) in [5.74, 6) is 0.620. The van der Waals surface area contributed by atoms with Crippen LogP contribution in [0.25, 0.3) is 0 Å². The number of hydrogen-bond acceptors (Lipinski definition) is 3. The van der Waals surface area contributed by atoms with Crippen LogP contribution >= 0.6 is 0 Å². The first-order chi connectivity index (χ1) is 14.2. The van der Waals surface area contributed by atoms with Gasteiger partial charge >= 0.3 is 0 Å². The number of hydrogen-bond donors (Lipinski definition) is 0. The Kier molecular flexibility index (Phi) is 5.57. The smallest absolute Gasteiger partial charge is 0.166 e. The standard InChI is InChI=1S/C26H24O3/c1-29-21-14-11-19(12-15-21)24(17-25(27)20-8-3-2-4-9-20)23-16-13-18-7-5-6-10-22(18)26(23)28/h2-12,14-15,23-24H,13,16-17H2,1H3. The molecule has 3 heteroatoms. The predicted octanol–water partition coefficient (Wildman–Crippen LogP) is 5.50. The molecule has 29 heavy (non-hydrogen) atoms. The second kappa shape index (κ2) is 8.44. The average Bonchev–Trinajstić information content (AvgIpc) is 2.79. The SMILES string of the molecule is COc1ccc(C(CC(=O)c2ccccc2)C2CCc3ccccc3C2=O)cc1. The first kappa shape index (κ1) is 19.1. The van der Waals surface area contributed by atoms with E-state index in [1.807, 2.05) is 78.9 Å². The van der Waals surface area contributed by atoms with Gasteiger partial charge in [0.05, 0.1) is 7.11 Å². The van der Waals surface area contributed by atoms with E-state index in [4.69, 9.17) is 4.74 Å². The highest BCUT2D eigenvalue weighted by Crippen LogP contribution is 2.39. The van der Waals surface area contributed by atoms with Crippen LogP contribution in [-0.2, 0) is 6.42 Å². The van der Waals surface area contributed by atoms with Crippen molar-refractivity contribution in [3.8, 4) is 5.75 Å².